The normalized spacial score (nSPS) is 21.9. The maximum Gasteiger partial charge on any atom is 0.177 e. The minimum absolute atomic E-state index is 0.0649. The van der Waals surface area contributed by atoms with Crippen molar-refractivity contribution in [3.05, 3.63) is 12.2 Å². The first kappa shape index (κ1) is 6.78. The molecule has 0 amide bonds. The van der Waals surface area contributed by atoms with Crippen molar-refractivity contribution in [2.24, 2.45) is 0 Å². The second kappa shape index (κ2) is 3.64. The molecule has 9 heavy (non-hydrogen) atoms. The molecule has 0 saturated carbocycles. The Balaban J connectivity index is 2.18. The smallest absolute Gasteiger partial charge is 0.177 e. The summed E-state index contributed by atoms with van der Waals surface area (Å²) < 4.78 is 10.3. The summed E-state index contributed by atoms with van der Waals surface area (Å²) >= 11 is 0. The van der Waals surface area contributed by atoms with Crippen LogP contribution in [0.2, 0.25) is 0 Å². The largest absolute Gasteiger partial charge is 0.347 e. The molecule has 0 aromatic rings. The molecule has 1 rings (SSSR count). The minimum Gasteiger partial charge on any atom is -0.347 e. The molecule has 0 unspecified atom stereocenters. The summed E-state index contributed by atoms with van der Waals surface area (Å²) in [7, 11) is 0. The average molecular weight is 128 g/mol. The number of allylic oxidation sites excluding steroid dienone is 1. The molecule has 1 fully saturated rings. The van der Waals surface area contributed by atoms with Crippen molar-refractivity contribution in [3.63, 3.8) is 0 Å². The van der Waals surface area contributed by atoms with Crippen LogP contribution in [0.15, 0.2) is 12.2 Å². The first-order valence-corrected chi connectivity index (χ1v) is 3.33. The predicted octanol–water partition coefficient (Wildman–Crippen LogP) is 1.33. The Morgan fingerprint density at radius 1 is 1.44 bits per heavy atom. The van der Waals surface area contributed by atoms with Crippen molar-refractivity contribution in [1.82, 2.24) is 0 Å². The molecule has 52 valence electrons. The third-order valence-electron chi connectivity index (χ3n) is 1.18. The molecular weight excluding hydrogens is 116 g/mol. The quantitative estimate of drug-likeness (QED) is 0.522. The first-order chi connectivity index (χ1) is 4.43. The lowest BCUT2D eigenvalue weighted by Crippen LogP contribution is -2.01. The van der Waals surface area contributed by atoms with E-state index in [1.165, 1.54) is 0 Å². The van der Waals surface area contributed by atoms with Gasteiger partial charge >= 0.3 is 0 Å². The summed E-state index contributed by atoms with van der Waals surface area (Å²) in [6.45, 7) is 3.56. The average Bonchev–Trinajstić information content (AvgIpc) is 2.34. The summed E-state index contributed by atoms with van der Waals surface area (Å²) in [5.41, 5.74) is 0. The third kappa shape index (κ3) is 2.16. The van der Waals surface area contributed by atoms with Crippen molar-refractivity contribution in [1.29, 1.82) is 0 Å². The van der Waals surface area contributed by atoms with Crippen LogP contribution in [0, 0.1) is 0 Å². The van der Waals surface area contributed by atoms with Crippen molar-refractivity contribution < 1.29 is 9.47 Å². The van der Waals surface area contributed by atoms with E-state index in [2.05, 4.69) is 13.0 Å². The zero-order valence-electron chi connectivity index (χ0n) is 5.67. The maximum atomic E-state index is 5.15. The van der Waals surface area contributed by atoms with Crippen molar-refractivity contribution in [2.75, 3.05) is 13.2 Å². The van der Waals surface area contributed by atoms with Crippen molar-refractivity contribution >= 4 is 0 Å². The van der Waals surface area contributed by atoms with E-state index in [4.69, 9.17) is 9.47 Å². The summed E-state index contributed by atoms with van der Waals surface area (Å²) in [5, 5.41) is 0. The highest BCUT2D eigenvalue weighted by molar-refractivity contribution is 4.85. The highest BCUT2D eigenvalue weighted by atomic mass is 16.7. The fourth-order valence-corrected chi connectivity index (χ4v) is 0.735. The highest BCUT2D eigenvalue weighted by Gasteiger charge is 2.10. The van der Waals surface area contributed by atoms with Gasteiger partial charge in [0.25, 0.3) is 0 Å². The van der Waals surface area contributed by atoms with Gasteiger partial charge in [-0.1, -0.05) is 13.0 Å². The zero-order chi connectivity index (χ0) is 6.53. The lowest BCUT2D eigenvalue weighted by molar-refractivity contribution is -0.00171. The molecule has 2 nitrogen and oxygen atoms in total. The topological polar surface area (TPSA) is 18.5 Å². The summed E-state index contributed by atoms with van der Waals surface area (Å²) in [6.07, 6.45) is 4.98. The number of hydrogen-bond donors (Lipinski definition) is 0. The predicted molar refractivity (Wildman–Crippen MR) is 35.1 cm³/mol. The lowest BCUT2D eigenvalue weighted by Gasteiger charge is -1.99. The van der Waals surface area contributed by atoms with Gasteiger partial charge in [0.05, 0.1) is 13.2 Å². The maximum absolute atomic E-state index is 5.15. The number of rotatable bonds is 2. The minimum atomic E-state index is -0.0649. The van der Waals surface area contributed by atoms with E-state index in [1.807, 2.05) is 6.08 Å². The highest BCUT2D eigenvalue weighted by Crippen LogP contribution is 2.04. The van der Waals surface area contributed by atoms with Gasteiger partial charge in [-0.25, -0.2) is 0 Å². The Labute approximate surface area is 55.5 Å². The molecule has 0 aromatic carbocycles. The standard InChI is InChI=1S/C7H12O2/c1-2-3-4-7-8-5-6-9-7/h3-4,7H,2,5-6H2,1H3. The fraction of sp³-hybridized carbons (Fsp3) is 0.714. The first-order valence-electron chi connectivity index (χ1n) is 3.33. The Hall–Kier alpha value is -0.340. The van der Waals surface area contributed by atoms with Gasteiger partial charge in [-0.05, 0) is 12.5 Å². The van der Waals surface area contributed by atoms with E-state index in [0.29, 0.717) is 0 Å². The molecule has 1 aliphatic rings. The van der Waals surface area contributed by atoms with Gasteiger partial charge in [0, 0.05) is 0 Å². The van der Waals surface area contributed by atoms with Gasteiger partial charge in [-0.2, -0.15) is 0 Å². The third-order valence-corrected chi connectivity index (χ3v) is 1.18. The SMILES string of the molecule is CCC=CC1OCCO1. The molecule has 1 heterocycles. The molecule has 0 aliphatic carbocycles. The molecular formula is C7H12O2. The second-order valence-electron chi connectivity index (χ2n) is 1.95. The van der Waals surface area contributed by atoms with E-state index >= 15 is 0 Å². The molecule has 0 bridgehead atoms. The van der Waals surface area contributed by atoms with Crippen LogP contribution in [-0.2, 0) is 9.47 Å². The van der Waals surface area contributed by atoms with Gasteiger partial charge in [-0.15, -0.1) is 0 Å². The van der Waals surface area contributed by atoms with E-state index in [1.54, 1.807) is 0 Å². The van der Waals surface area contributed by atoms with Crippen LogP contribution in [0.3, 0.4) is 0 Å². The Bertz CT molecular complexity index is 93.1. The summed E-state index contributed by atoms with van der Waals surface area (Å²) in [6, 6.07) is 0. The van der Waals surface area contributed by atoms with Crippen molar-refractivity contribution in [3.8, 4) is 0 Å². The zero-order valence-corrected chi connectivity index (χ0v) is 5.67. The van der Waals surface area contributed by atoms with Crippen LogP contribution >= 0.6 is 0 Å². The molecule has 1 saturated heterocycles. The van der Waals surface area contributed by atoms with Gasteiger partial charge in [-0.3, -0.25) is 0 Å². The molecule has 0 N–H and O–H groups in total. The van der Waals surface area contributed by atoms with Crippen LogP contribution in [0.4, 0.5) is 0 Å². The van der Waals surface area contributed by atoms with Crippen LogP contribution in [0.25, 0.3) is 0 Å². The molecule has 0 spiro atoms. The van der Waals surface area contributed by atoms with E-state index < -0.39 is 0 Å². The van der Waals surface area contributed by atoms with E-state index in [0.717, 1.165) is 19.6 Å². The van der Waals surface area contributed by atoms with Gasteiger partial charge in [0.15, 0.2) is 6.29 Å². The molecule has 0 aromatic heterocycles. The monoisotopic (exact) mass is 128 g/mol. The molecule has 1 aliphatic heterocycles. The van der Waals surface area contributed by atoms with Gasteiger partial charge in [0.1, 0.15) is 0 Å². The molecule has 0 atom stereocenters. The number of ether oxygens (including phenoxy) is 2. The van der Waals surface area contributed by atoms with Crippen LogP contribution in [0.1, 0.15) is 13.3 Å². The molecule has 2 heteroatoms. The van der Waals surface area contributed by atoms with E-state index in [9.17, 15) is 0 Å². The van der Waals surface area contributed by atoms with Crippen LogP contribution in [0.5, 0.6) is 0 Å². The summed E-state index contributed by atoms with van der Waals surface area (Å²) in [4.78, 5) is 0. The van der Waals surface area contributed by atoms with Gasteiger partial charge in [0.2, 0.25) is 0 Å². The summed E-state index contributed by atoms with van der Waals surface area (Å²) in [5.74, 6) is 0. The Morgan fingerprint density at radius 3 is 2.67 bits per heavy atom. The van der Waals surface area contributed by atoms with Crippen LogP contribution < -0.4 is 0 Å². The van der Waals surface area contributed by atoms with E-state index in [-0.39, 0.29) is 6.29 Å². The number of hydrogen-bond acceptors (Lipinski definition) is 2. The lowest BCUT2D eigenvalue weighted by atomic mass is 10.4. The second-order valence-corrected chi connectivity index (χ2v) is 1.95. The van der Waals surface area contributed by atoms with Crippen LogP contribution in [-0.4, -0.2) is 19.5 Å². The molecule has 0 radical (unpaired) electrons. The van der Waals surface area contributed by atoms with Gasteiger partial charge < -0.3 is 9.47 Å². The Morgan fingerprint density at radius 2 is 2.11 bits per heavy atom. The van der Waals surface area contributed by atoms with Crippen molar-refractivity contribution in [2.45, 2.75) is 19.6 Å². The Kier molecular flexibility index (Phi) is 2.74. The fourth-order valence-electron chi connectivity index (χ4n) is 0.735.